The molecule has 0 radical (unpaired) electrons. The maximum Gasteiger partial charge on any atom is 0.224 e. The van der Waals surface area contributed by atoms with Gasteiger partial charge in [0.1, 0.15) is 31.5 Å². The van der Waals surface area contributed by atoms with Gasteiger partial charge in [-0.05, 0) is 27.7 Å². The van der Waals surface area contributed by atoms with E-state index < -0.39 is 23.5 Å². The molecule has 3 rings (SSSR count). The Balaban J connectivity index is 1.71. The third kappa shape index (κ3) is 3.40. The molecular formula is C16H26O7. The van der Waals surface area contributed by atoms with Gasteiger partial charge < -0.3 is 33.2 Å². The second-order valence-corrected chi connectivity index (χ2v) is 6.89. The summed E-state index contributed by atoms with van der Waals surface area (Å²) in [5, 5.41) is 0. The van der Waals surface area contributed by atoms with Gasteiger partial charge in [-0.3, -0.25) is 0 Å². The molecule has 0 aromatic heterocycles. The molecule has 4 unspecified atom stereocenters. The van der Waals surface area contributed by atoms with E-state index in [0.717, 1.165) is 0 Å². The molecule has 3 heterocycles. The van der Waals surface area contributed by atoms with Crippen molar-refractivity contribution in [1.82, 2.24) is 0 Å². The van der Waals surface area contributed by atoms with Crippen molar-refractivity contribution in [2.24, 2.45) is 0 Å². The molecule has 0 amide bonds. The maximum atomic E-state index is 6.06. The van der Waals surface area contributed by atoms with Crippen LogP contribution in [0.2, 0.25) is 0 Å². The molecule has 4 atom stereocenters. The molecule has 23 heavy (non-hydrogen) atoms. The molecule has 0 aliphatic carbocycles. The second kappa shape index (κ2) is 5.98. The summed E-state index contributed by atoms with van der Waals surface area (Å²) in [6.07, 6.45) is 0.535. The number of hydrogen-bond acceptors (Lipinski definition) is 7. The van der Waals surface area contributed by atoms with Crippen LogP contribution >= 0.6 is 0 Å². The van der Waals surface area contributed by atoms with Crippen molar-refractivity contribution < 1.29 is 33.2 Å². The van der Waals surface area contributed by atoms with Crippen LogP contribution in [0.5, 0.6) is 0 Å². The molecule has 0 aromatic rings. The van der Waals surface area contributed by atoms with Crippen LogP contribution < -0.4 is 0 Å². The van der Waals surface area contributed by atoms with Crippen molar-refractivity contribution in [3.8, 4) is 0 Å². The van der Waals surface area contributed by atoms with Gasteiger partial charge >= 0.3 is 0 Å². The Kier molecular flexibility index (Phi) is 4.46. The summed E-state index contributed by atoms with van der Waals surface area (Å²) in [5.41, 5.74) is 0. The van der Waals surface area contributed by atoms with Gasteiger partial charge in [-0.25, -0.2) is 0 Å². The van der Waals surface area contributed by atoms with Crippen LogP contribution in [-0.2, 0) is 33.2 Å². The largest absolute Gasteiger partial charge is 0.499 e. The normalized spacial score (nSPS) is 40.4. The molecule has 3 saturated heterocycles. The third-order valence-electron chi connectivity index (χ3n) is 4.04. The van der Waals surface area contributed by atoms with E-state index in [2.05, 4.69) is 6.58 Å². The van der Waals surface area contributed by atoms with E-state index in [1.807, 2.05) is 27.7 Å². The summed E-state index contributed by atoms with van der Waals surface area (Å²) in [6.45, 7) is 12.4. The van der Waals surface area contributed by atoms with Crippen molar-refractivity contribution in [2.45, 2.75) is 63.4 Å². The summed E-state index contributed by atoms with van der Waals surface area (Å²) in [5.74, 6) is -2.44. The quantitative estimate of drug-likeness (QED) is 0.541. The van der Waals surface area contributed by atoms with Crippen molar-refractivity contribution in [3.05, 3.63) is 12.8 Å². The molecule has 132 valence electrons. The number of hydrogen-bond donors (Lipinski definition) is 0. The minimum Gasteiger partial charge on any atom is -0.499 e. The second-order valence-electron chi connectivity index (χ2n) is 6.89. The molecule has 0 bridgehead atoms. The van der Waals surface area contributed by atoms with Gasteiger partial charge in [-0.15, -0.1) is 0 Å². The van der Waals surface area contributed by atoms with Crippen LogP contribution in [0, 0.1) is 0 Å². The Morgan fingerprint density at radius 2 is 1.87 bits per heavy atom. The average molecular weight is 330 g/mol. The van der Waals surface area contributed by atoms with Crippen LogP contribution in [-0.4, -0.2) is 62.1 Å². The Hall–Kier alpha value is -0.700. The molecule has 0 aromatic carbocycles. The van der Waals surface area contributed by atoms with Crippen LogP contribution in [0.1, 0.15) is 27.7 Å². The molecule has 3 aliphatic heterocycles. The van der Waals surface area contributed by atoms with E-state index in [4.69, 9.17) is 33.2 Å². The van der Waals surface area contributed by atoms with Gasteiger partial charge in [0.2, 0.25) is 5.79 Å². The van der Waals surface area contributed by atoms with Crippen molar-refractivity contribution in [3.63, 3.8) is 0 Å². The van der Waals surface area contributed by atoms with Gasteiger partial charge in [-0.2, -0.15) is 0 Å². The fraction of sp³-hybridized carbons (Fsp3) is 0.875. The summed E-state index contributed by atoms with van der Waals surface area (Å²) < 4.78 is 40.8. The lowest BCUT2D eigenvalue weighted by Crippen LogP contribution is -2.60. The van der Waals surface area contributed by atoms with Crippen LogP contribution in [0.3, 0.4) is 0 Å². The molecule has 7 nitrogen and oxygen atoms in total. The van der Waals surface area contributed by atoms with Crippen molar-refractivity contribution in [1.29, 1.82) is 0 Å². The predicted octanol–water partition coefficient (Wildman–Crippen LogP) is 1.56. The smallest absolute Gasteiger partial charge is 0.224 e. The van der Waals surface area contributed by atoms with E-state index in [1.165, 1.54) is 6.26 Å². The minimum absolute atomic E-state index is 0.176. The molecule has 7 heteroatoms. The summed E-state index contributed by atoms with van der Waals surface area (Å²) in [6, 6.07) is 0. The number of fused-ring (bicyclic) bond motifs is 3. The van der Waals surface area contributed by atoms with E-state index >= 15 is 0 Å². The third-order valence-corrected chi connectivity index (χ3v) is 4.04. The van der Waals surface area contributed by atoms with Gasteiger partial charge in [0.25, 0.3) is 0 Å². The number of ether oxygens (including phenoxy) is 7. The van der Waals surface area contributed by atoms with E-state index in [1.54, 1.807) is 0 Å². The standard InChI is InChI=1S/C16H26O7/c1-6-17-7-8-18-10-16-13(22-15(4,5)23-16)12-11(9-19-16)20-14(2,3)21-12/h6,11-13H,1,7-10H2,2-5H3. The average Bonchev–Trinajstić information content (AvgIpc) is 2.90. The maximum absolute atomic E-state index is 6.06. The van der Waals surface area contributed by atoms with Gasteiger partial charge in [0.05, 0.1) is 19.5 Å². The fourth-order valence-corrected chi connectivity index (χ4v) is 3.35. The van der Waals surface area contributed by atoms with Crippen LogP contribution in [0.4, 0.5) is 0 Å². The van der Waals surface area contributed by atoms with Gasteiger partial charge in [0, 0.05) is 0 Å². The molecule has 3 fully saturated rings. The highest BCUT2D eigenvalue weighted by Gasteiger charge is 2.65. The molecule has 0 N–H and O–H groups in total. The Morgan fingerprint density at radius 3 is 2.61 bits per heavy atom. The Morgan fingerprint density at radius 1 is 1.09 bits per heavy atom. The predicted molar refractivity (Wildman–Crippen MR) is 79.5 cm³/mol. The summed E-state index contributed by atoms with van der Waals surface area (Å²) >= 11 is 0. The molecule has 0 spiro atoms. The lowest BCUT2D eigenvalue weighted by atomic mass is 9.97. The molecular weight excluding hydrogens is 304 g/mol. The van der Waals surface area contributed by atoms with Crippen molar-refractivity contribution in [2.75, 3.05) is 26.4 Å². The lowest BCUT2D eigenvalue weighted by Gasteiger charge is -2.40. The first-order valence-corrected chi connectivity index (χ1v) is 7.95. The van der Waals surface area contributed by atoms with Gasteiger partial charge in [-0.1, -0.05) is 6.58 Å². The minimum atomic E-state index is -0.997. The monoisotopic (exact) mass is 330 g/mol. The van der Waals surface area contributed by atoms with Crippen LogP contribution in [0.15, 0.2) is 12.8 Å². The Bertz CT molecular complexity index is 450. The van der Waals surface area contributed by atoms with Crippen LogP contribution in [0.25, 0.3) is 0 Å². The molecule has 3 aliphatic rings. The van der Waals surface area contributed by atoms with E-state index in [9.17, 15) is 0 Å². The zero-order valence-corrected chi connectivity index (χ0v) is 14.2. The number of rotatable bonds is 6. The lowest BCUT2D eigenvalue weighted by molar-refractivity contribution is -0.299. The zero-order chi connectivity index (χ0) is 16.7. The fourth-order valence-electron chi connectivity index (χ4n) is 3.35. The van der Waals surface area contributed by atoms with E-state index in [-0.39, 0.29) is 18.8 Å². The first-order valence-electron chi connectivity index (χ1n) is 7.95. The zero-order valence-electron chi connectivity index (χ0n) is 14.2. The Labute approximate surface area is 136 Å². The van der Waals surface area contributed by atoms with Crippen molar-refractivity contribution >= 4 is 0 Å². The highest BCUT2D eigenvalue weighted by molar-refractivity contribution is 5.03. The topological polar surface area (TPSA) is 64.6 Å². The first kappa shape index (κ1) is 17.1. The van der Waals surface area contributed by atoms with Gasteiger partial charge in [0.15, 0.2) is 11.6 Å². The van der Waals surface area contributed by atoms with E-state index in [0.29, 0.717) is 19.8 Å². The first-order chi connectivity index (χ1) is 10.8. The highest BCUT2D eigenvalue weighted by Crippen LogP contribution is 2.47. The molecule has 0 saturated carbocycles. The highest BCUT2D eigenvalue weighted by atomic mass is 16.9. The summed E-state index contributed by atoms with van der Waals surface area (Å²) in [4.78, 5) is 0. The summed E-state index contributed by atoms with van der Waals surface area (Å²) in [7, 11) is 0. The SMILES string of the molecule is C=COCCOCC12OCC3OC(C)(C)OC3C1OC(C)(C)O2.